The van der Waals surface area contributed by atoms with Crippen LogP contribution in [-0.4, -0.2) is 37.4 Å². The van der Waals surface area contributed by atoms with Crippen LogP contribution in [-0.2, 0) is 9.84 Å². The largest absolute Gasteiger partial charge is 0.351 e. The van der Waals surface area contributed by atoms with Gasteiger partial charge in [0.1, 0.15) is 0 Å². The van der Waals surface area contributed by atoms with Crippen LogP contribution in [0.15, 0.2) is 54.6 Å². The maximum Gasteiger partial charge on any atom is 0.252 e. The number of pyridine rings is 1. The Morgan fingerprint density at radius 1 is 1.11 bits per heavy atom. The smallest absolute Gasteiger partial charge is 0.252 e. The SMILES string of the molecule is CCS(=O)(=O)CCNC(=O)c1cc(-c2ccc(Cl)cc2)nc2ccccc12. The van der Waals surface area contributed by atoms with E-state index in [4.69, 9.17) is 11.6 Å². The zero-order valence-corrected chi connectivity index (χ0v) is 16.3. The number of carbonyl (C=O) groups is 1. The maximum atomic E-state index is 12.7. The zero-order chi connectivity index (χ0) is 19.4. The molecule has 3 aromatic rings. The normalized spacial score (nSPS) is 11.5. The van der Waals surface area contributed by atoms with Gasteiger partial charge in [-0.1, -0.05) is 48.9 Å². The number of hydrogen-bond acceptors (Lipinski definition) is 4. The summed E-state index contributed by atoms with van der Waals surface area (Å²) < 4.78 is 23.2. The van der Waals surface area contributed by atoms with E-state index in [9.17, 15) is 13.2 Å². The van der Waals surface area contributed by atoms with Crippen molar-refractivity contribution in [2.24, 2.45) is 0 Å². The van der Waals surface area contributed by atoms with Crippen molar-refractivity contribution in [1.29, 1.82) is 0 Å². The van der Waals surface area contributed by atoms with Gasteiger partial charge in [0.15, 0.2) is 9.84 Å². The predicted octanol–water partition coefficient (Wildman–Crippen LogP) is 3.72. The highest BCUT2D eigenvalue weighted by Gasteiger charge is 2.15. The summed E-state index contributed by atoms with van der Waals surface area (Å²) >= 11 is 5.95. The van der Waals surface area contributed by atoms with Crippen LogP contribution in [0.5, 0.6) is 0 Å². The van der Waals surface area contributed by atoms with Crippen LogP contribution in [0.2, 0.25) is 5.02 Å². The second-order valence-corrected chi connectivity index (χ2v) is 8.98. The lowest BCUT2D eigenvalue weighted by molar-refractivity contribution is 0.0957. The maximum absolute atomic E-state index is 12.7. The quantitative estimate of drug-likeness (QED) is 0.681. The standard InChI is InChI=1S/C20H19ClN2O3S/c1-2-27(25,26)12-11-22-20(24)17-13-19(14-7-9-15(21)10-8-14)23-18-6-4-3-5-16(17)18/h3-10,13H,2,11-12H2,1H3,(H,22,24). The molecule has 7 heteroatoms. The van der Waals surface area contributed by atoms with E-state index in [0.29, 0.717) is 27.2 Å². The van der Waals surface area contributed by atoms with Gasteiger partial charge < -0.3 is 5.32 Å². The number of nitrogens with one attached hydrogen (secondary N) is 1. The van der Waals surface area contributed by atoms with E-state index in [1.165, 1.54) is 0 Å². The third-order valence-corrected chi connectivity index (χ3v) is 6.20. The van der Waals surface area contributed by atoms with Gasteiger partial charge >= 0.3 is 0 Å². The molecule has 0 saturated heterocycles. The van der Waals surface area contributed by atoms with Crippen molar-refractivity contribution < 1.29 is 13.2 Å². The number of aromatic nitrogens is 1. The topological polar surface area (TPSA) is 76.1 Å². The number of para-hydroxylation sites is 1. The number of sulfone groups is 1. The third-order valence-electron chi connectivity index (χ3n) is 4.24. The lowest BCUT2D eigenvalue weighted by Gasteiger charge is -2.11. The van der Waals surface area contributed by atoms with E-state index >= 15 is 0 Å². The molecule has 3 rings (SSSR count). The minimum atomic E-state index is -3.13. The second-order valence-electron chi connectivity index (χ2n) is 6.07. The lowest BCUT2D eigenvalue weighted by atomic mass is 10.0. The Kier molecular flexibility index (Phi) is 5.77. The van der Waals surface area contributed by atoms with E-state index in [-0.39, 0.29) is 24.0 Å². The molecule has 0 atom stereocenters. The number of halogens is 1. The van der Waals surface area contributed by atoms with Gasteiger partial charge in [-0.05, 0) is 24.3 Å². The van der Waals surface area contributed by atoms with Crippen LogP contribution < -0.4 is 5.32 Å². The Labute approximate surface area is 163 Å². The molecule has 140 valence electrons. The Morgan fingerprint density at radius 3 is 2.52 bits per heavy atom. The van der Waals surface area contributed by atoms with E-state index in [1.54, 1.807) is 25.1 Å². The molecular formula is C20H19ClN2O3S. The van der Waals surface area contributed by atoms with Crippen molar-refractivity contribution in [3.8, 4) is 11.3 Å². The first kappa shape index (κ1) is 19.3. The van der Waals surface area contributed by atoms with Crippen LogP contribution in [0, 0.1) is 0 Å². The minimum Gasteiger partial charge on any atom is -0.351 e. The molecule has 2 aromatic carbocycles. The average Bonchev–Trinajstić information content (AvgIpc) is 2.67. The van der Waals surface area contributed by atoms with Gasteiger partial charge in [-0.25, -0.2) is 13.4 Å². The molecule has 0 saturated carbocycles. The second kappa shape index (κ2) is 8.06. The molecule has 1 N–H and O–H groups in total. The van der Waals surface area contributed by atoms with E-state index < -0.39 is 9.84 Å². The first-order valence-electron chi connectivity index (χ1n) is 8.54. The van der Waals surface area contributed by atoms with Crippen molar-refractivity contribution in [2.45, 2.75) is 6.92 Å². The Balaban J connectivity index is 1.95. The monoisotopic (exact) mass is 402 g/mol. The summed E-state index contributed by atoms with van der Waals surface area (Å²) in [4.78, 5) is 17.3. The van der Waals surface area contributed by atoms with Gasteiger partial charge in [-0.3, -0.25) is 4.79 Å². The number of rotatable bonds is 6. The summed E-state index contributed by atoms with van der Waals surface area (Å²) in [7, 11) is -3.13. The van der Waals surface area contributed by atoms with Crippen LogP contribution in [0.4, 0.5) is 0 Å². The first-order chi connectivity index (χ1) is 12.9. The molecule has 1 amide bonds. The minimum absolute atomic E-state index is 0.0573. The number of fused-ring (bicyclic) bond motifs is 1. The van der Waals surface area contributed by atoms with Gasteiger partial charge in [0, 0.05) is 28.3 Å². The highest BCUT2D eigenvalue weighted by atomic mass is 35.5. The number of amides is 1. The van der Waals surface area contributed by atoms with Crippen LogP contribution >= 0.6 is 11.6 Å². The summed E-state index contributed by atoms with van der Waals surface area (Å²) in [5.74, 6) is -0.348. The predicted molar refractivity (Wildman–Crippen MR) is 109 cm³/mol. The molecule has 27 heavy (non-hydrogen) atoms. The van der Waals surface area contributed by atoms with E-state index in [0.717, 1.165) is 5.56 Å². The Hall–Kier alpha value is -2.44. The molecule has 0 aliphatic heterocycles. The average molecular weight is 403 g/mol. The highest BCUT2D eigenvalue weighted by Crippen LogP contribution is 2.25. The summed E-state index contributed by atoms with van der Waals surface area (Å²) in [5, 5.41) is 4.04. The van der Waals surface area contributed by atoms with Crippen molar-refractivity contribution in [3.63, 3.8) is 0 Å². The lowest BCUT2D eigenvalue weighted by Crippen LogP contribution is -2.29. The fourth-order valence-electron chi connectivity index (χ4n) is 2.69. The van der Waals surface area contributed by atoms with Gasteiger partial charge in [0.2, 0.25) is 0 Å². The molecule has 0 aliphatic rings. The van der Waals surface area contributed by atoms with Crippen molar-refractivity contribution in [2.75, 3.05) is 18.1 Å². The zero-order valence-electron chi connectivity index (χ0n) is 14.8. The van der Waals surface area contributed by atoms with Crippen LogP contribution in [0.1, 0.15) is 17.3 Å². The number of carbonyl (C=O) groups excluding carboxylic acids is 1. The van der Waals surface area contributed by atoms with Crippen LogP contribution in [0.3, 0.4) is 0 Å². The van der Waals surface area contributed by atoms with Gasteiger partial charge in [0.05, 0.1) is 22.5 Å². The Bertz CT molecular complexity index is 1080. The fourth-order valence-corrected chi connectivity index (χ4v) is 3.52. The molecule has 0 unspecified atom stereocenters. The van der Waals surface area contributed by atoms with Gasteiger partial charge in [-0.15, -0.1) is 0 Å². The summed E-state index contributed by atoms with van der Waals surface area (Å²) in [5.41, 5.74) is 2.64. The molecule has 5 nitrogen and oxygen atoms in total. The molecule has 1 heterocycles. The summed E-state index contributed by atoms with van der Waals surface area (Å²) in [6.07, 6.45) is 0. The molecule has 0 bridgehead atoms. The van der Waals surface area contributed by atoms with Gasteiger partial charge in [0.25, 0.3) is 5.91 Å². The number of hydrogen-bond donors (Lipinski definition) is 1. The van der Waals surface area contributed by atoms with Crippen molar-refractivity contribution >= 4 is 38.2 Å². The molecule has 0 aliphatic carbocycles. The number of nitrogens with zero attached hydrogens (tertiary/aromatic N) is 1. The third kappa shape index (κ3) is 4.64. The molecule has 1 aromatic heterocycles. The highest BCUT2D eigenvalue weighted by molar-refractivity contribution is 7.91. The van der Waals surface area contributed by atoms with Crippen molar-refractivity contribution in [1.82, 2.24) is 10.3 Å². The molecule has 0 radical (unpaired) electrons. The van der Waals surface area contributed by atoms with Crippen LogP contribution in [0.25, 0.3) is 22.2 Å². The molecule has 0 spiro atoms. The Morgan fingerprint density at radius 2 is 1.81 bits per heavy atom. The number of benzene rings is 2. The van der Waals surface area contributed by atoms with E-state index in [1.807, 2.05) is 36.4 Å². The van der Waals surface area contributed by atoms with Crippen molar-refractivity contribution in [3.05, 3.63) is 65.2 Å². The summed E-state index contributed by atoms with van der Waals surface area (Å²) in [6, 6.07) is 16.3. The van der Waals surface area contributed by atoms with Gasteiger partial charge in [-0.2, -0.15) is 0 Å². The fraction of sp³-hybridized carbons (Fsp3) is 0.200. The first-order valence-corrected chi connectivity index (χ1v) is 10.7. The molecule has 0 fully saturated rings. The molecular weight excluding hydrogens is 384 g/mol. The summed E-state index contributed by atoms with van der Waals surface area (Å²) in [6.45, 7) is 1.66. The van der Waals surface area contributed by atoms with E-state index in [2.05, 4.69) is 10.3 Å².